The van der Waals surface area contributed by atoms with E-state index in [2.05, 4.69) is 0 Å². The van der Waals surface area contributed by atoms with Crippen LogP contribution in [0.5, 0.6) is 0 Å². The van der Waals surface area contributed by atoms with E-state index in [1.165, 1.54) is 0 Å². The van der Waals surface area contributed by atoms with Crippen LogP contribution in [-0.2, 0) is 4.74 Å². The highest BCUT2D eigenvalue weighted by Crippen LogP contribution is 2.36. The first-order valence-corrected chi connectivity index (χ1v) is 6.66. The lowest BCUT2D eigenvalue weighted by Gasteiger charge is -2.38. The molecule has 2 atom stereocenters. The highest BCUT2D eigenvalue weighted by molar-refractivity contribution is 5.90. The van der Waals surface area contributed by atoms with E-state index in [-0.39, 0.29) is 18.2 Å². The van der Waals surface area contributed by atoms with Crippen molar-refractivity contribution < 1.29 is 9.53 Å². The number of anilines is 1. The number of amides is 1. The van der Waals surface area contributed by atoms with Crippen molar-refractivity contribution >= 4 is 11.8 Å². The second-order valence-electron chi connectivity index (χ2n) is 6.10. The van der Waals surface area contributed by atoms with Gasteiger partial charge in [0.2, 0.25) is 0 Å². The minimum absolute atomic E-state index is 0.0233. The number of hydrogen-bond donors (Lipinski definition) is 1. The molecule has 1 aromatic carbocycles. The van der Waals surface area contributed by atoms with E-state index in [0.717, 1.165) is 17.7 Å². The van der Waals surface area contributed by atoms with Crippen LogP contribution in [-0.4, -0.2) is 17.7 Å². The van der Waals surface area contributed by atoms with Crippen LogP contribution in [0, 0.1) is 0 Å². The Bertz CT molecular complexity index is 479. The molecule has 4 nitrogen and oxygen atoms in total. The predicted molar refractivity (Wildman–Crippen MR) is 76.2 cm³/mol. The van der Waals surface area contributed by atoms with Gasteiger partial charge >= 0.3 is 6.09 Å². The topological polar surface area (TPSA) is 55.6 Å². The van der Waals surface area contributed by atoms with Crippen LogP contribution in [0.4, 0.5) is 10.5 Å². The summed E-state index contributed by atoms with van der Waals surface area (Å²) in [5.41, 5.74) is 7.52. The Balaban J connectivity index is 2.35. The normalized spacial score (nSPS) is 22.9. The summed E-state index contributed by atoms with van der Waals surface area (Å²) in [5, 5.41) is 0. The first-order valence-electron chi connectivity index (χ1n) is 6.66. The Hall–Kier alpha value is -1.55. The summed E-state index contributed by atoms with van der Waals surface area (Å²) in [6.45, 7) is 7.62. The molecule has 0 fully saturated rings. The van der Waals surface area contributed by atoms with Gasteiger partial charge in [0.05, 0.1) is 5.69 Å². The van der Waals surface area contributed by atoms with Crippen molar-refractivity contribution in [2.24, 2.45) is 5.73 Å². The first-order chi connectivity index (χ1) is 8.79. The standard InChI is InChI=1S/C15H22N2O2/c1-10-9-12(16)11-7-5-6-8-13(11)17(10)14(18)19-15(2,3)4/h5-8,10,12H,9,16H2,1-4H3/t10-,12-/m0/s1. The van der Waals surface area contributed by atoms with E-state index >= 15 is 0 Å². The van der Waals surface area contributed by atoms with Gasteiger partial charge in [-0.05, 0) is 45.7 Å². The van der Waals surface area contributed by atoms with Gasteiger partial charge in [-0.2, -0.15) is 0 Å². The van der Waals surface area contributed by atoms with Crippen LogP contribution in [0.2, 0.25) is 0 Å². The Labute approximate surface area is 114 Å². The molecule has 2 rings (SSSR count). The predicted octanol–water partition coefficient (Wildman–Crippen LogP) is 3.22. The SMILES string of the molecule is C[C@H]1C[C@H](N)c2ccccc2N1C(=O)OC(C)(C)C. The Morgan fingerprint density at radius 1 is 1.37 bits per heavy atom. The quantitative estimate of drug-likeness (QED) is 0.781. The molecule has 19 heavy (non-hydrogen) atoms. The monoisotopic (exact) mass is 262 g/mol. The van der Waals surface area contributed by atoms with Crippen molar-refractivity contribution in [3.63, 3.8) is 0 Å². The molecule has 0 bridgehead atoms. The van der Waals surface area contributed by atoms with Crippen molar-refractivity contribution in [3.8, 4) is 0 Å². The van der Waals surface area contributed by atoms with Gasteiger partial charge in [0, 0.05) is 12.1 Å². The first kappa shape index (κ1) is 13.9. The van der Waals surface area contributed by atoms with Crippen molar-refractivity contribution in [1.29, 1.82) is 0 Å². The molecule has 0 saturated heterocycles. The van der Waals surface area contributed by atoms with Crippen LogP contribution in [0.3, 0.4) is 0 Å². The molecule has 1 aromatic rings. The van der Waals surface area contributed by atoms with Gasteiger partial charge in [-0.3, -0.25) is 4.90 Å². The molecule has 1 aliphatic heterocycles. The summed E-state index contributed by atoms with van der Waals surface area (Å²) >= 11 is 0. The number of hydrogen-bond acceptors (Lipinski definition) is 3. The minimum atomic E-state index is -0.495. The maximum absolute atomic E-state index is 12.4. The number of para-hydroxylation sites is 1. The second kappa shape index (κ2) is 4.85. The third-order valence-electron chi connectivity index (χ3n) is 3.22. The lowest BCUT2D eigenvalue weighted by atomic mass is 9.93. The van der Waals surface area contributed by atoms with Crippen LogP contribution in [0.25, 0.3) is 0 Å². The maximum atomic E-state index is 12.4. The van der Waals surface area contributed by atoms with E-state index in [4.69, 9.17) is 10.5 Å². The number of nitrogens with two attached hydrogens (primary N) is 1. The molecule has 0 saturated carbocycles. The number of carbonyl (C=O) groups is 1. The molecule has 104 valence electrons. The zero-order valence-corrected chi connectivity index (χ0v) is 12.0. The van der Waals surface area contributed by atoms with Crippen LogP contribution >= 0.6 is 0 Å². The number of fused-ring (bicyclic) bond motifs is 1. The van der Waals surface area contributed by atoms with E-state index in [0.29, 0.717) is 0 Å². The van der Waals surface area contributed by atoms with Crippen molar-refractivity contribution in [2.45, 2.75) is 51.8 Å². The van der Waals surface area contributed by atoms with Crippen LogP contribution in [0.15, 0.2) is 24.3 Å². The van der Waals surface area contributed by atoms with E-state index in [1.807, 2.05) is 52.0 Å². The Morgan fingerprint density at radius 2 is 2.00 bits per heavy atom. The van der Waals surface area contributed by atoms with Gasteiger partial charge in [0.15, 0.2) is 0 Å². The highest BCUT2D eigenvalue weighted by Gasteiger charge is 2.34. The van der Waals surface area contributed by atoms with Gasteiger partial charge in [0.1, 0.15) is 5.60 Å². The molecule has 1 aliphatic rings. The number of nitrogens with zero attached hydrogens (tertiary/aromatic N) is 1. The molecular formula is C15H22N2O2. The van der Waals surface area contributed by atoms with Gasteiger partial charge in [0.25, 0.3) is 0 Å². The summed E-state index contributed by atoms with van der Waals surface area (Å²) < 4.78 is 5.49. The number of rotatable bonds is 0. The number of ether oxygens (including phenoxy) is 1. The van der Waals surface area contributed by atoms with E-state index in [1.54, 1.807) is 4.90 Å². The average Bonchev–Trinajstić information content (AvgIpc) is 2.26. The smallest absolute Gasteiger partial charge is 0.415 e. The fourth-order valence-electron chi connectivity index (χ4n) is 2.45. The highest BCUT2D eigenvalue weighted by atomic mass is 16.6. The molecular weight excluding hydrogens is 240 g/mol. The average molecular weight is 262 g/mol. The van der Waals surface area contributed by atoms with Crippen molar-refractivity contribution in [3.05, 3.63) is 29.8 Å². The maximum Gasteiger partial charge on any atom is 0.415 e. The van der Waals surface area contributed by atoms with Crippen LogP contribution in [0.1, 0.15) is 45.7 Å². The van der Waals surface area contributed by atoms with Crippen LogP contribution < -0.4 is 10.6 Å². The number of carbonyl (C=O) groups excluding carboxylic acids is 1. The summed E-state index contributed by atoms with van der Waals surface area (Å²) in [4.78, 5) is 14.1. The molecule has 1 amide bonds. The largest absolute Gasteiger partial charge is 0.443 e. The Kier molecular flexibility index (Phi) is 3.54. The van der Waals surface area contributed by atoms with Gasteiger partial charge in [-0.1, -0.05) is 18.2 Å². The van der Waals surface area contributed by atoms with E-state index < -0.39 is 5.60 Å². The number of benzene rings is 1. The molecule has 0 spiro atoms. The molecule has 2 N–H and O–H groups in total. The van der Waals surface area contributed by atoms with Gasteiger partial charge in [-0.25, -0.2) is 4.79 Å². The third kappa shape index (κ3) is 2.89. The molecule has 4 heteroatoms. The van der Waals surface area contributed by atoms with Gasteiger partial charge in [-0.15, -0.1) is 0 Å². The Morgan fingerprint density at radius 3 is 2.63 bits per heavy atom. The minimum Gasteiger partial charge on any atom is -0.443 e. The van der Waals surface area contributed by atoms with Gasteiger partial charge < -0.3 is 10.5 Å². The summed E-state index contributed by atoms with van der Waals surface area (Å²) in [6.07, 6.45) is 0.440. The molecule has 0 aliphatic carbocycles. The zero-order valence-electron chi connectivity index (χ0n) is 12.0. The van der Waals surface area contributed by atoms with Crippen molar-refractivity contribution in [1.82, 2.24) is 0 Å². The third-order valence-corrected chi connectivity index (χ3v) is 3.22. The van der Waals surface area contributed by atoms with Crippen molar-refractivity contribution in [2.75, 3.05) is 4.90 Å². The summed E-state index contributed by atoms with van der Waals surface area (Å²) in [6, 6.07) is 7.78. The molecule has 0 unspecified atom stereocenters. The fourth-order valence-corrected chi connectivity index (χ4v) is 2.45. The zero-order chi connectivity index (χ0) is 14.2. The van der Waals surface area contributed by atoms with E-state index in [9.17, 15) is 4.79 Å². The lowest BCUT2D eigenvalue weighted by molar-refractivity contribution is 0.0562. The molecule has 1 heterocycles. The molecule has 0 radical (unpaired) electrons. The lowest BCUT2D eigenvalue weighted by Crippen LogP contribution is -2.46. The fraction of sp³-hybridized carbons (Fsp3) is 0.533. The summed E-state index contributed by atoms with van der Waals surface area (Å²) in [5.74, 6) is 0. The second-order valence-corrected chi connectivity index (χ2v) is 6.10. The summed E-state index contributed by atoms with van der Waals surface area (Å²) in [7, 11) is 0. The molecule has 0 aromatic heterocycles.